The van der Waals surface area contributed by atoms with Gasteiger partial charge in [-0.05, 0) is 36.8 Å². The number of aromatic nitrogens is 1. The average molecular weight is 323 g/mol. The second-order valence-electron chi connectivity index (χ2n) is 4.53. The molecule has 0 aliphatic carbocycles. The summed E-state index contributed by atoms with van der Waals surface area (Å²) >= 11 is 13.9. The lowest BCUT2D eigenvalue weighted by Gasteiger charge is -2.12. The monoisotopic (exact) mass is 322 g/mol. The van der Waals surface area contributed by atoms with Gasteiger partial charge in [-0.15, -0.1) is 11.3 Å². The molecule has 0 spiro atoms. The number of nitrogens with zero attached hydrogens (tertiary/aromatic N) is 1. The van der Waals surface area contributed by atoms with Crippen molar-refractivity contribution in [2.45, 2.75) is 13.5 Å². The molecular weight excluding hydrogens is 311 g/mol. The van der Waals surface area contributed by atoms with E-state index in [0.717, 1.165) is 27.2 Å². The summed E-state index contributed by atoms with van der Waals surface area (Å²) in [6.45, 7) is 2.72. The molecule has 1 N–H and O–H groups in total. The van der Waals surface area contributed by atoms with Gasteiger partial charge in [0.25, 0.3) is 0 Å². The minimum atomic E-state index is 0.699. The Bertz CT molecular complexity index is 768. The molecule has 5 heteroatoms. The number of anilines is 1. The lowest BCUT2D eigenvalue weighted by molar-refractivity contribution is 1.20. The van der Waals surface area contributed by atoms with Crippen LogP contribution in [-0.2, 0) is 6.54 Å². The molecule has 3 aromatic rings. The zero-order valence-electron chi connectivity index (χ0n) is 10.8. The van der Waals surface area contributed by atoms with Crippen molar-refractivity contribution in [1.82, 2.24) is 4.98 Å². The zero-order chi connectivity index (χ0) is 14.1. The Labute approximate surface area is 131 Å². The summed E-state index contributed by atoms with van der Waals surface area (Å²) in [6, 6.07) is 7.86. The standard InChI is InChI=1S/C15H12Cl2N2S/c1-9-5-13(17)15(12-3-2-4-18-14(9)12)19-7-11-6-10(16)8-20-11/h2-6,8,19H,7H2,1H3. The summed E-state index contributed by atoms with van der Waals surface area (Å²) in [4.78, 5) is 5.59. The second-order valence-corrected chi connectivity index (χ2v) is 6.37. The molecule has 0 radical (unpaired) electrons. The Kier molecular flexibility index (Phi) is 3.83. The summed E-state index contributed by atoms with van der Waals surface area (Å²) in [6.07, 6.45) is 1.80. The number of nitrogens with one attached hydrogen (secondary N) is 1. The van der Waals surface area contributed by atoms with E-state index >= 15 is 0 Å². The highest BCUT2D eigenvalue weighted by Gasteiger charge is 2.10. The normalized spacial score (nSPS) is 10.9. The fourth-order valence-corrected chi connectivity index (χ4v) is 3.53. The maximum Gasteiger partial charge on any atom is 0.0752 e. The molecule has 0 atom stereocenters. The minimum absolute atomic E-state index is 0.699. The van der Waals surface area contributed by atoms with Gasteiger partial charge in [-0.3, -0.25) is 4.98 Å². The Morgan fingerprint density at radius 3 is 2.90 bits per heavy atom. The summed E-state index contributed by atoms with van der Waals surface area (Å²) < 4.78 is 0. The molecule has 20 heavy (non-hydrogen) atoms. The molecule has 0 fully saturated rings. The second kappa shape index (κ2) is 5.60. The highest BCUT2D eigenvalue weighted by Crippen LogP contribution is 2.33. The third-order valence-electron chi connectivity index (χ3n) is 3.09. The van der Waals surface area contributed by atoms with Gasteiger partial charge < -0.3 is 5.32 Å². The van der Waals surface area contributed by atoms with Gasteiger partial charge in [0.2, 0.25) is 0 Å². The first-order valence-corrected chi connectivity index (χ1v) is 7.79. The first-order chi connectivity index (χ1) is 9.65. The maximum atomic E-state index is 6.37. The molecule has 1 aromatic carbocycles. The fraction of sp³-hybridized carbons (Fsp3) is 0.133. The van der Waals surface area contributed by atoms with Crippen molar-refractivity contribution in [3.8, 4) is 0 Å². The summed E-state index contributed by atoms with van der Waals surface area (Å²) in [5.74, 6) is 0. The van der Waals surface area contributed by atoms with Crippen molar-refractivity contribution < 1.29 is 0 Å². The lowest BCUT2D eigenvalue weighted by Crippen LogP contribution is -2.00. The Hall–Kier alpha value is -1.29. The first-order valence-electron chi connectivity index (χ1n) is 6.16. The topological polar surface area (TPSA) is 24.9 Å². The Balaban J connectivity index is 1.98. The number of halogens is 2. The van der Waals surface area contributed by atoms with Crippen LogP contribution in [0.3, 0.4) is 0 Å². The van der Waals surface area contributed by atoms with Crippen LogP contribution >= 0.6 is 34.5 Å². The van der Waals surface area contributed by atoms with Crippen LogP contribution in [-0.4, -0.2) is 4.98 Å². The zero-order valence-corrected chi connectivity index (χ0v) is 13.1. The molecule has 2 aromatic heterocycles. The van der Waals surface area contributed by atoms with Gasteiger partial charge in [0, 0.05) is 28.4 Å². The van der Waals surface area contributed by atoms with Crippen LogP contribution in [0, 0.1) is 6.92 Å². The number of thiophene rings is 1. The average Bonchev–Trinajstić information content (AvgIpc) is 2.84. The van der Waals surface area contributed by atoms with E-state index in [4.69, 9.17) is 23.2 Å². The van der Waals surface area contributed by atoms with Crippen LogP contribution in [0.15, 0.2) is 35.8 Å². The van der Waals surface area contributed by atoms with Gasteiger partial charge in [-0.2, -0.15) is 0 Å². The molecule has 0 aliphatic heterocycles. The number of aryl methyl sites for hydroxylation is 1. The molecule has 0 amide bonds. The highest BCUT2D eigenvalue weighted by molar-refractivity contribution is 7.10. The fourth-order valence-electron chi connectivity index (χ4n) is 2.18. The number of rotatable bonds is 3. The Morgan fingerprint density at radius 2 is 2.15 bits per heavy atom. The number of pyridine rings is 1. The van der Waals surface area contributed by atoms with Crippen LogP contribution in [0.5, 0.6) is 0 Å². The molecular formula is C15H12Cl2N2S. The quantitative estimate of drug-likeness (QED) is 0.686. The maximum absolute atomic E-state index is 6.37. The van der Waals surface area contributed by atoms with Gasteiger partial charge in [0.1, 0.15) is 0 Å². The smallest absolute Gasteiger partial charge is 0.0752 e. The molecule has 0 unspecified atom stereocenters. The van der Waals surface area contributed by atoms with Crippen molar-refractivity contribution in [3.05, 3.63) is 56.3 Å². The summed E-state index contributed by atoms with van der Waals surface area (Å²) in [7, 11) is 0. The molecule has 3 rings (SSSR count). The van der Waals surface area contributed by atoms with E-state index in [9.17, 15) is 0 Å². The molecule has 2 nitrogen and oxygen atoms in total. The largest absolute Gasteiger partial charge is 0.378 e. The van der Waals surface area contributed by atoms with Crippen LogP contribution in [0.25, 0.3) is 10.9 Å². The van der Waals surface area contributed by atoms with E-state index in [1.54, 1.807) is 17.5 Å². The minimum Gasteiger partial charge on any atom is -0.378 e. The summed E-state index contributed by atoms with van der Waals surface area (Å²) in [5.41, 5.74) is 2.98. The van der Waals surface area contributed by atoms with Crippen LogP contribution in [0.1, 0.15) is 10.4 Å². The van der Waals surface area contributed by atoms with Gasteiger partial charge in [0.15, 0.2) is 0 Å². The van der Waals surface area contributed by atoms with E-state index in [0.29, 0.717) is 11.6 Å². The number of fused-ring (bicyclic) bond motifs is 1. The molecule has 102 valence electrons. The third kappa shape index (κ3) is 2.62. The first kappa shape index (κ1) is 13.7. The van der Waals surface area contributed by atoms with E-state index < -0.39 is 0 Å². The van der Waals surface area contributed by atoms with Crippen molar-refractivity contribution >= 4 is 51.1 Å². The third-order valence-corrected chi connectivity index (χ3v) is 4.68. The van der Waals surface area contributed by atoms with Crippen molar-refractivity contribution in [2.75, 3.05) is 5.32 Å². The van der Waals surface area contributed by atoms with Crippen molar-refractivity contribution in [1.29, 1.82) is 0 Å². The molecule has 0 bridgehead atoms. The van der Waals surface area contributed by atoms with E-state index in [1.807, 2.05) is 36.6 Å². The van der Waals surface area contributed by atoms with Crippen molar-refractivity contribution in [3.63, 3.8) is 0 Å². The molecule has 2 heterocycles. The number of hydrogen-bond donors (Lipinski definition) is 1. The lowest BCUT2D eigenvalue weighted by atomic mass is 10.1. The van der Waals surface area contributed by atoms with Gasteiger partial charge in [-0.1, -0.05) is 23.2 Å². The van der Waals surface area contributed by atoms with E-state index in [1.165, 1.54) is 4.88 Å². The summed E-state index contributed by atoms with van der Waals surface area (Å²) in [5, 5.41) is 7.85. The number of hydrogen-bond acceptors (Lipinski definition) is 3. The SMILES string of the molecule is Cc1cc(Cl)c(NCc2cc(Cl)cs2)c2cccnc12. The predicted molar refractivity (Wildman–Crippen MR) is 88.1 cm³/mol. The van der Waals surface area contributed by atoms with Crippen LogP contribution in [0.4, 0.5) is 5.69 Å². The molecule has 0 saturated carbocycles. The van der Waals surface area contributed by atoms with Gasteiger partial charge >= 0.3 is 0 Å². The highest BCUT2D eigenvalue weighted by atomic mass is 35.5. The van der Waals surface area contributed by atoms with Gasteiger partial charge in [-0.25, -0.2) is 0 Å². The van der Waals surface area contributed by atoms with Crippen LogP contribution in [0.2, 0.25) is 10.0 Å². The van der Waals surface area contributed by atoms with Gasteiger partial charge in [0.05, 0.1) is 21.2 Å². The van der Waals surface area contributed by atoms with E-state index in [2.05, 4.69) is 10.3 Å². The molecule has 0 aliphatic rings. The van der Waals surface area contributed by atoms with Crippen LogP contribution < -0.4 is 5.32 Å². The molecule has 0 saturated heterocycles. The predicted octanol–water partition coefficient (Wildman–Crippen LogP) is 5.52. The van der Waals surface area contributed by atoms with Crippen molar-refractivity contribution in [2.24, 2.45) is 0 Å². The van der Waals surface area contributed by atoms with E-state index in [-0.39, 0.29) is 0 Å². The number of benzene rings is 1. The Morgan fingerprint density at radius 1 is 1.30 bits per heavy atom.